The standard InChI is InChI=1S/C35H34O8/c36-33(37)28-19-11-10-18-27(28)22-40-35-32(39-21-25-14-6-2-7-15-25)31(38-20-24-12-4-1-5-13-24)30-29(42-35)23-41-34(43-30)26-16-8-3-9-17-26/h1-19,29-32,34-35H,20-23H2,(H,36,37). The van der Waals surface area contributed by atoms with E-state index in [0.29, 0.717) is 18.8 Å². The van der Waals surface area contributed by atoms with Crippen LogP contribution >= 0.6 is 0 Å². The summed E-state index contributed by atoms with van der Waals surface area (Å²) in [6.07, 6.45) is -3.78. The molecule has 0 aliphatic carbocycles. The van der Waals surface area contributed by atoms with Gasteiger partial charge in [-0.3, -0.25) is 0 Å². The summed E-state index contributed by atoms with van der Waals surface area (Å²) in [5.41, 5.74) is 3.59. The first kappa shape index (κ1) is 29.2. The number of rotatable bonds is 11. The molecule has 222 valence electrons. The molecule has 6 atom stereocenters. The highest BCUT2D eigenvalue weighted by Crippen LogP contribution is 2.37. The predicted molar refractivity (Wildman–Crippen MR) is 157 cm³/mol. The van der Waals surface area contributed by atoms with Gasteiger partial charge in [-0.05, 0) is 22.8 Å². The van der Waals surface area contributed by atoms with Crippen LogP contribution in [0.4, 0.5) is 0 Å². The van der Waals surface area contributed by atoms with Crippen molar-refractivity contribution >= 4 is 5.97 Å². The molecule has 6 unspecified atom stereocenters. The van der Waals surface area contributed by atoms with E-state index in [4.69, 9.17) is 28.4 Å². The van der Waals surface area contributed by atoms with Crippen molar-refractivity contribution in [3.05, 3.63) is 143 Å². The third-order valence-electron chi connectivity index (χ3n) is 7.58. The molecular weight excluding hydrogens is 548 g/mol. The molecule has 2 aliphatic heterocycles. The lowest BCUT2D eigenvalue weighted by atomic mass is 9.97. The molecule has 0 bridgehead atoms. The monoisotopic (exact) mass is 582 g/mol. The average molecular weight is 583 g/mol. The quantitative estimate of drug-likeness (QED) is 0.233. The minimum atomic E-state index is -1.02. The van der Waals surface area contributed by atoms with Crippen molar-refractivity contribution < 1.29 is 38.3 Å². The zero-order valence-electron chi connectivity index (χ0n) is 23.6. The maximum Gasteiger partial charge on any atom is 0.336 e. The second-order valence-electron chi connectivity index (χ2n) is 10.5. The molecule has 0 spiro atoms. The van der Waals surface area contributed by atoms with Gasteiger partial charge in [0.1, 0.15) is 24.4 Å². The summed E-state index contributed by atoms with van der Waals surface area (Å²) in [5.74, 6) is -1.02. The van der Waals surface area contributed by atoms with Crippen LogP contribution in [0.5, 0.6) is 0 Å². The first-order valence-corrected chi connectivity index (χ1v) is 14.4. The fraction of sp³-hybridized carbons (Fsp3) is 0.286. The van der Waals surface area contributed by atoms with Gasteiger partial charge in [0.05, 0.1) is 32.0 Å². The first-order valence-electron chi connectivity index (χ1n) is 14.4. The highest BCUT2D eigenvalue weighted by atomic mass is 16.8. The Hall–Kier alpha value is -3.89. The van der Waals surface area contributed by atoms with E-state index in [1.807, 2.05) is 91.0 Å². The molecule has 2 saturated heterocycles. The minimum Gasteiger partial charge on any atom is -0.478 e. The first-order chi connectivity index (χ1) is 21.2. The van der Waals surface area contributed by atoms with Crippen molar-refractivity contribution in [2.45, 2.75) is 56.8 Å². The second kappa shape index (κ2) is 14.1. The number of ether oxygens (including phenoxy) is 6. The van der Waals surface area contributed by atoms with Crippen LogP contribution in [0.15, 0.2) is 115 Å². The zero-order chi connectivity index (χ0) is 29.4. The van der Waals surface area contributed by atoms with E-state index in [9.17, 15) is 9.90 Å². The number of benzene rings is 4. The summed E-state index contributed by atoms with van der Waals surface area (Å²) >= 11 is 0. The van der Waals surface area contributed by atoms with Crippen LogP contribution in [-0.2, 0) is 48.2 Å². The molecule has 2 fully saturated rings. The normalized spacial score (nSPS) is 25.1. The molecule has 4 aromatic rings. The Morgan fingerprint density at radius 2 is 1.26 bits per heavy atom. The van der Waals surface area contributed by atoms with Crippen LogP contribution in [0.3, 0.4) is 0 Å². The molecule has 0 aromatic heterocycles. The lowest BCUT2D eigenvalue weighted by Gasteiger charge is -2.49. The molecule has 2 aliphatic rings. The SMILES string of the molecule is O=C(O)c1ccccc1COC1OC2COC(c3ccccc3)OC2C(OCc2ccccc2)C1OCc1ccccc1. The smallest absolute Gasteiger partial charge is 0.336 e. The second-order valence-corrected chi connectivity index (χ2v) is 10.5. The van der Waals surface area contributed by atoms with E-state index in [1.54, 1.807) is 24.3 Å². The highest BCUT2D eigenvalue weighted by Gasteiger charge is 2.52. The molecule has 2 heterocycles. The molecule has 43 heavy (non-hydrogen) atoms. The maximum absolute atomic E-state index is 11.8. The zero-order valence-corrected chi connectivity index (χ0v) is 23.6. The summed E-state index contributed by atoms with van der Waals surface area (Å²) in [7, 11) is 0. The summed E-state index contributed by atoms with van der Waals surface area (Å²) in [4.78, 5) is 11.8. The third-order valence-corrected chi connectivity index (χ3v) is 7.58. The molecule has 0 saturated carbocycles. The molecule has 0 radical (unpaired) electrons. The Morgan fingerprint density at radius 3 is 1.91 bits per heavy atom. The van der Waals surface area contributed by atoms with E-state index in [2.05, 4.69) is 0 Å². The largest absolute Gasteiger partial charge is 0.478 e. The predicted octanol–water partition coefficient (Wildman–Crippen LogP) is 5.91. The van der Waals surface area contributed by atoms with Gasteiger partial charge in [-0.25, -0.2) is 4.79 Å². The summed E-state index contributed by atoms with van der Waals surface area (Å²) in [6, 6.07) is 36.3. The Bertz CT molecular complexity index is 1450. The van der Waals surface area contributed by atoms with Gasteiger partial charge in [0.2, 0.25) is 0 Å². The van der Waals surface area contributed by atoms with E-state index < -0.39 is 43.0 Å². The van der Waals surface area contributed by atoms with Crippen molar-refractivity contribution in [2.75, 3.05) is 6.61 Å². The number of aromatic carboxylic acids is 1. The van der Waals surface area contributed by atoms with Crippen molar-refractivity contribution in [2.24, 2.45) is 0 Å². The van der Waals surface area contributed by atoms with Crippen LogP contribution in [0.25, 0.3) is 0 Å². The number of fused-ring (bicyclic) bond motifs is 1. The summed E-state index contributed by atoms with van der Waals surface area (Å²) in [5, 5.41) is 9.69. The number of hydrogen-bond acceptors (Lipinski definition) is 7. The van der Waals surface area contributed by atoms with Gasteiger partial charge in [-0.2, -0.15) is 0 Å². The Balaban J connectivity index is 1.29. The topological polar surface area (TPSA) is 92.7 Å². The van der Waals surface area contributed by atoms with Gasteiger partial charge in [0.15, 0.2) is 12.6 Å². The van der Waals surface area contributed by atoms with E-state index in [1.165, 1.54) is 0 Å². The molecule has 1 N–H and O–H groups in total. The summed E-state index contributed by atoms with van der Waals surface area (Å²) in [6.45, 7) is 0.887. The molecular formula is C35H34O8. The van der Waals surface area contributed by atoms with Gasteiger partial charge >= 0.3 is 5.97 Å². The fourth-order valence-electron chi connectivity index (χ4n) is 5.39. The Morgan fingerprint density at radius 1 is 0.674 bits per heavy atom. The third kappa shape index (κ3) is 7.19. The minimum absolute atomic E-state index is 0.00941. The number of carboxylic acid groups (broad SMARTS) is 1. The van der Waals surface area contributed by atoms with Crippen molar-refractivity contribution in [3.63, 3.8) is 0 Å². The van der Waals surface area contributed by atoms with Gasteiger partial charge in [-0.15, -0.1) is 0 Å². The molecule has 0 amide bonds. The van der Waals surface area contributed by atoms with Gasteiger partial charge in [0, 0.05) is 5.56 Å². The van der Waals surface area contributed by atoms with Gasteiger partial charge in [0.25, 0.3) is 0 Å². The van der Waals surface area contributed by atoms with Crippen LogP contribution in [0.2, 0.25) is 0 Å². The van der Waals surface area contributed by atoms with Crippen LogP contribution in [0, 0.1) is 0 Å². The van der Waals surface area contributed by atoms with Crippen LogP contribution < -0.4 is 0 Å². The number of carbonyl (C=O) groups is 1. The van der Waals surface area contributed by atoms with E-state index >= 15 is 0 Å². The number of hydrogen-bond donors (Lipinski definition) is 1. The number of carboxylic acids is 1. The molecule has 4 aromatic carbocycles. The molecule has 8 heteroatoms. The van der Waals surface area contributed by atoms with Crippen LogP contribution in [0.1, 0.15) is 38.9 Å². The van der Waals surface area contributed by atoms with Crippen molar-refractivity contribution in [1.29, 1.82) is 0 Å². The maximum atomic E-state index is 11.8. The van der Waals surface area contributed by atoms with Crippen molar-refractivity contribution in [3.8, 4) is 0 Å². The Labute approximate surface area is 250 Å². The summed E-state index contributed by atoms with van der Waals surface area (Å²) < 4.78 is 38.5. The molecule has 8 nitrogen and oxygen atoms in total. The average Bonchev–Trinajstić information content (AvgIpc) is 3.06. The lowest BCUT2D eigenvalue weighted by Crippen LogP contribution is -2.63. The van der Waals surface area contributed by atoms with Crippen LogP contribution in [-0.4, -0.2) is 48.4 Å². The molecule has 6 rings (SSSR count). The highest BCUT2D eigenvalue weighted by molar-refractivity contribution is 5.89. The lowest BCUT2D eigenvalue weighted by molar-refractivity contribution is -0.374. The van der Waals surface area contributed by atoms with Crippen molar-refractivity contribution in [1.82, 2.24) is 0 Å². The van der Waals surface area contributed by atoms with Gasteiger partial charge < -0.3 is 33.5 Å². The fourth-order valence-corrected chi connectivity index (χ4v) is 5.39. The van der Waals surface area contributed by atoms with E-state index in [-0.39, 0.29) is 18.8 Å². The Kier molecular flexibility index (Phi) is 9.54. The van der Waals surface area contributed by atoms with Gasteiger partial charge in [-0.1, -0.05) is 109 Å². The van der Waals surface area contributed by atoms with E-state index in [0.717, 1.165) is 16.7 Å².